The van der Waals surface area contributed by atoms with Crippen LogP contribution in [0, 0.1) is 0 Å². The molecule has 0 amide bonds. The summed E-state index contributed by atoms with van der Waals surface area (Å²) in [6, 6.07) is 64.9. The van der Waals surface area contributed by atoms with Crippen LogP contribution in [-0.2, 0) is 0 Å². The van der Waals surface area contributed by atoms with Crippen LogP contribution in [0.3, 0.4) is 0 Å². The van der Waals surface area contributed by atoms with E-state index in [0.29, 0.717) is 0 Å². The quantitative estimate of drug-likeness (QED) is 0.190. The van der Waals surface area contributed by atoms with E-state index in [1.807, 2.05) is 6.07 Å². The molecule has 2 heterocycles. The maximum absolute atomic E-state index is 6.39. The second-order valence-electron chi connectivity index (χ2n) is 12.6. The molecule has 0 saturated heterocycles. The minimum atomic E-state index is 0.907. The summed E-state index contributed by atoms with van der Waals surface area (Å²) in [7, 11) is 0. The molecule has 8 aromatic carbocycles. The molecule has 0 aliphatic carbocycles. The van der Waals surface area contributed by atoms with Crippen LogP contribution in [0.5, 0.6) is 0 Å². The minimum Gasteiger partial charge on any atom is -0.456 e. The summed E-state index contributed by atoms with van der Waals surface area (Å²) in [5.41, 5.74) is 11.0. The van der Waals surface area contributed by atoms with Crippen molar-refractivity contribution in [3.8, 4) is 16.8 Å². The predicted molar refractivity (Wildman–Crippen MR) is 206 cm³/mol. The van der Waals surface area contributed by atoms with E-state index in [2.05, 4.69) is 185 Å². The van der Waals surface area contributed by atoms with Crippen molar-refractivity contribution >= 4 is 71.6 Å². The molecule has 0 aliphatic rings. The van der Waals surface area contributed by atoms with E-state index in [9.17, 15) is 0 Å². The number of hydrogen-bond acceptors (Lipinski definition) is 2. The summed E-state index contributed by atoms with van der Waals surface area (Å²) in [6.07, 6.45) is 0. The summed E-state index contributed by atoms with van der Waals surface area (Å²) in [6.45, 7) is 0. The smallest absolute Gasteiger partial charge is 0.136 e. The van der Waals surface area contributed by atoms with Crippen molar-refractivity contribution in [1.82, 2.24) is 4.57 Å². The number of rotatable bonds is 5. The monoisotopic (exact) mass is 626 g/mol. The Morgan fingerprint density at radius 1 is 0.408 bits per heavy atom. The number of furan rings is 1. The first-order valence-corrected chi connectivity index (χ1v) is 16.7. The first-order valence-electron chi connectivity index (χ1n) is 16.7. The zero-order valence-corrected chi connectivity index (χ0v) is 26.6. The highest BCUT2D eigenvalue weighted by atomic mass is 16.3. The highest BCUT2D eigenvalue weighted by molar-refractivity contribution is 6.20. The fourth-order valence-electron chi connectivity index (χ4n) is 7.60. The Morgan fingerprint density at radius 3 is 1.84 bits per heavy atom. The van der Waals surface area contributed by atoms with E-state index in [1.54, 1.807) is 0 Å². The third kappa shape index (κ3) is 4.37. The van der Waals surface area contributed by atoms with Crippen LogP contribution in [0.15, 0.2) is 186 Å². The van der Waals surface area contributed by atoms with Crippen molar-refractivity contribution in [2.45, 2.75) is 0 Å². The molecule has 0 fully saturated rings. The number of anilines is 3. The van der Waals surface area contributed by atoms with Crippen LogP contribution in [0.2, 0.25) is 0 Å². The van der Waals surface area contributed by atoms with Crippen molar-refractivity contribution in [3.63, 3.8) is 0 Å². The number of aromatic nitrogens is 1. The molecule has 49 heavy (non-hydrogen) atoms. The first-order chi connectivity index (χ1) is 24.3. The average Bonchev–Trinajstić information content (AvgIpc) is 3.70. The molecule has 0 radical (unpaired) electrons. The van der Waals surface area contributed by atoms with Gasteiger partial charge in [-0.05, 0) is 83.1 Å². The topological polar surface area (TPSA) is 21.3 Å². The molecule has 0 saturated carbocycles. The normalized spacial score (nSPS) is 11.7. The van der Waals surface area contributed by atoms with Gasteiger partial charge in [-0.3, -0.25) is 0 Å². The molecule has 0 aliphatic heterocycles. The summed E-state index contributed by atoms with van der Waals surface area (Å²) in [5, 5.41) is 7.15. The van der Waals surface area contributed by atoms with E-state index < -0.39 is 0 Å². The van der Waals surface area contributed by atoms with Crippen molar-refractivity contribution in [3.05, 3.63) is 182 Å². The Hall–Kier alpha value is -6.58. The summed E-state index contributed by atoms with van der Waals surface area (Å²) in [5.74, 6) is 0. The molecular formula is C46H30N2O. The van der Waals surface area contributed by atoms with Gasteiger partial charge in [0.05, 0.1) is 11.0 Å². The van der Waals surface area contributed by atoms with Gasteiger partial charge < -0.3 is 13.9 Å². The Kier molecular flexibility index (Phi) is 6.18. The van der Waals surface area contributed by atoms with Crippen molar-refractivity contribution < 1.29 is 4.42 Å². The summed E-state index contributed by atoms with van der Waals surface area (Å²) >= 11 is 0. The van der Waals surface area contributed by atoms with Gasteiger partial charge in [-0.2, -0.15) is 0 Å². The maximum Gasteiger partial charge on any atom is 0.136 e. The third-order valence-corrected chi connectivity index (χ3v) is 9.75. The molecule has 2 aromatic heterocycles. The van der Waals surface area contributed by atoms with Crippen molar-refractivity contribution in [2.75, 3.05) is 4.90 Å². The molecule has 0 unspecified atom stereocenters. The molecule has 0 spiro atoms. The Labute approximate surface area is 283 Å². The van der Waals surface area contributed by atoms with Crippen molar-refractivity contribution in [2.24, 2.45) is 0 Å². The van der Waals surface area contributed by atoms with Gasteiger partial charge in [0.1, 0.15) is 11.2 Å². The zero-order chi connectivity index (χ0) is 32.3. The lowest BCUT2D eigenvalue weighted by atomic mass is 9.93. The van der Waals surface area contributed by atoms with Gasteiger partial charge in [-0.25, -0.2) is 0 Å². The Bertz CT molecular complexity index is 2810. The number of fused-ring (bicyclic) bond motifs is 7. The van der Waals surface area contributed by atoms with E-state index in [4.69, 9.17) is 4.42 Å². The Morgan fingerprint density at radius 2 is 1.02 bits per heavy atom. The van der Waals surface area contributed by atoms with Gasteiger partial charge in [0, 0.05) is 49.9 Å². The SMILES string of the molecule is c1ccc(N(c2ccc(-c3c4ccccc4cc4oc5ccccc5c34)cc2)c2ccc3c4ccccc4n(-c4ccccc4)c3c2)cc1. The maximum atomic E-state index is 6.39. The van der Waals surface area contributed by atoms with E-state index >= 15 is 0 Å². The van der Waals surface area contributed by atoms with Gasteiger partial charge in [-0.1, -0.05) is 115 Å². The van der Waals surface area contributed by atoms with E-state index in [-0.39, 0.29) is 0 Å². The fourth-order valence-corrected chi connectivity index (χ4v) is 7.60. The van der Waals surface area contributed by atoms with E-state index in [1.165, 1.54) is 38.1 Å². The highest BCUT2D eigenvalue weighted by Crippen LogP contribution is 2.44. The van der Waals surface area contributed by atoms with Gasteiger partial charge in [0.25, 0.3) is 0 Å². The minimum absolute atomic E-state index is 0.907. The number of nitrogens with zero attached hydrogens (tertiary/aromatic N) is 2. The van der Waals surface area contributed by atoms with Crippen LogP contribution in [0.4, 0.5) is 17.1 Å². The van der Waals surface area contributed by atoms with Gasteiger partial charge in [0.15, 0.2) is 0 Å². The van der Waals surface area contributed by atoms with Gasteiger partial charge >= 0.3 is 0 Å². The number of para-hydroxylation sites is 4. The molecule has 3 heteroatoms. The lowest BCUT2D eigenvalue weighted by Crippen LogP contribution is -2.10. The fraction of sp³-hybridized carbons (Fsp3) is 0. The van der Waals surface area contributed by atoms with Crippen LogP contribution < -0.4 is 4.90 Å². The molecule has 0 N–H and O–H groups in total. The highest BCUT2D eigenvalue weighted by Gasteiger charge is 2.19. The molecular weight excluding hydrogens is 597 g/mol. The lowest BCUT2D eigenvalue weighted by Gasteiger charge is -2.26. The second-order valence-corrected chi connectivity index (χ2v) is 12.6. The summed E-state index contributed by atoms with van der Waals surface area (Å²) in [4.78, 5) is 2.35. The third-order valence-electron chi connectivity index (χ3n) is 9.75. The molecule has 3 nitrogen and oxygen atoms in total. The molecule has 230 valence electrons. The largest absolute Gasteiger partial charge is 0.456 e. The van der Waals surface area contributed by atoms with Crippen LogP contribution >= 0.6 is 0 Å². The van der Waals surface area contributed by atoms with Crippen LogP contribution in [0.25, 0.3) is 71.3 Å². The lowest BCUT2D eigenvalue weighted by molar-refractivity contribution is 0.669. The summed E-state index contributed by atoms with van der Waals surface area (Å²) < 4.78 is 8.77. The molecule has 10 aromatic rings. The van der Waals surface area contributed by atoms with Crippen LogP contribution in [-0.4, -0.2) is 4.57 Å². The first kappa shape index (κ1) is 27.5. The standard InChI is InChI=1S/C46H30N2O/c1-3-14-33(15-4-1)47(36-27-28-39-38-19-9-11-21-41(38)48(42(39)30-36)34-16-5-2-6-17-34)35-25-23-31(24-26-35)45-37-18-8-7-13-32(37)29-44-46(45)40-20-10-12-22-43(40)49-44/h1-30H. The average molecular weight is 627 g/mol. The second kappa shape index (κ2) is 11.0. The molecule has 0 atom stereocenters. The number of hydrogen-bond donors (Lipinski definition) is 0. The van der Waals surface area contributed by atoms with Crippen molar-refractivity contribution in [1.29, 1.82) is 0 Å². The number of benzene rings is 8. The zero-order valence-electron chi connectivity index (χ0n) is 26.6. The van der Waals surface area contributed by atoms with E-state index in [0.717, 1.165) is 50.3 Å². The van der Waals surface area contributed by atoms with Crippen LogP contribution in [0.1, 0.15) is 0 Å². The Balaban J connectivity index is 1.17. The predicted octanol–water partition coefficient (Wildman–Crippen LogP) is 13.0. The molecule has 10 rings (SSSR count). The van der Waals surface area contributed by atoms with Gasteiger partial charge in [-0.15, -0.1) is 0 Å². The molecule has 0 bridgehead atoms. The van der Waals surface area contributed by atoms with Gasteiger partial charge in [0.2, 0.25) is 0 Å².